The first kappa shape index (κ1) is 19.2. The summed E-state index contributed by atoms with van der Waals surface area (Å²) in [5, 5.41) is 4.01. The topological polar surface area (TPSA) is 49.4 Å². The van der Waals surface area contributed by atoms with Crippen molar-refractivity contribution in [3.05, 3.63) is 95.5 Å². The van der Waals surface area contributed by atoms with Gasteiger partial charge in [-0.3, -0.25) is 14.5 Å². The van der Waals surface area contributed by atoms with Crippen LogP contribution in [0.15, 0.2) is 84.9 Å². The van der Waals surface area contributed by atoms with Crippen molar-refractivity contribution in [1.29, 1.82) is 0 Å². The summed E-state index contributed by atoms with van der Waals surface area (Å²) in [6, 6.07) is 25.7. The number of rotatable bonds is 5. The Labute approximate surface area is 175 Å². The number of para-hydroxylation sites is 2. The molecule has 3 atom stereocenters. The number of anilines is 2. The van der Waals surface area contributed by atoms with E-state index in [9.17, 15) is 9.59 Å². The fourth-order valence-electron chi connectivity index (χ4n) is 3.96. The summed E-state index contributed by atoms with van der Waals surface area (Å²) in [5.41, 5.74) is 2.50. The van der Waals surface area contributed by atoms with Crippen LogP contribution in [0.3, 0.4) is 0 Å². The van der Waals surface area contributed by atoms with Crippen molar-refractivity contribution < 1.29 is 9.59 Å². The van der Waals surface area contributed by atoms with E-state index in [-0.39, 0.29) is 11.8 Å². The molecule has 0 unspecified atom stereocenters. The van der Waals surface area contributed by atoms with E-state index in [4.69, 9.17) is 11.6 Å². The minimum Gasteiger partial charge on any atom is -0.382 e. The van der Waals surface area contributed by atoms with Crippen LogP contribution in [0.1, 0.15) is 18.5 Å². The van der Waals surface area contributed by atoms with E-state index < -0.39 is 17.9 Å². The number of Topliss-reactive ketones (excluding diaryl/α,β-unsaturated/α-hetero) is 1. The summed E-state index contributed by atoms with van der Waals surface area (Å²) >= 11 is 6.08. The number of amides is 1. The molecule has 0 aromatic heterocycles. The molecule has 146 valence electrons. The molecule has 4 rings (SSSR count). The highest BCUT2D eigenvalue weighted by Crippen LogP contribution is 2.42. The molecule has 1 amide bonds. The lowest BCUT2D eigenvalue weighted by Gasteiger charge is -2.31. The molecular weight excluding hydrogens is 384 g/mol. The van der Waals surface area contributed by atoms with Gasteiger partial charge in [-0.2, -0.15) is 0 Å². The molecule has 0 bridgehead atoms. The van der Waals surface area contributed by atoms with E-state index >= 15 is 0 Å². The van der Waals surface area contributed by atoms with Crippen LogP contribution in [0.5, 0.6) is 0 Å². The third-order valence-electron chi connectivity index (χ3n) is 5.30. The maximum atomic E-state index is 13.1. The SMILES string of the molecule is C[C@@H](Nc1ccccc1)[C@H]1C(=O)C(=O)N(c2ccccc2)[C@H]1c1ccc(Cl)cc1. The lowest BCUT2D eigenvalue weighted by atomic mass is 9.87. The van der Waals surface area contributed by atoms with Gasteiger partial charge in [-0.05, 0) is 48.9 Å². The smallest absolute Gasteiger partial charge is 0.295 e. The Morgan fingerprint density at radius 2 is 1.45 bits per heavy atom. The second kappa shape index (κ2) is 8.10. The molecule has 0 aliphatic carbocycles. The molecule has 0 spiro atoms. The maximum Gasteiger partial charge on any atom is 0.295 e. The molecule has 3 aromatic rings. The largest absolute Gasteiger partial charge is 0.382 e. The molecule has 1 aliphatic heterocycles. The summed E-state index contributed by atoms with van der Waals surface area (Å²) in [6.45, 7) is 1.94. The van der Waals surface area contributed by atoms with E-state index in [0.717, 1.165) is 11.3 Å². The number of ketones is 1. The van der Waals surface area contributed by atoms with E-state index in [0.29, 0.717) is 10.7 Å². The first-order chi connectivity index (χ1) is 14.1. The summed E-state index contributed by atoms with van der Waals surface area (Å²) in [7, 11) is 0. The van der Waals surface area contributed by atoms with Crippen molar-refractivity contribution in [3.63, 3.8) is 0 Å². The van der Waals surface area contributed by atoms with Crippen LogP contribution in [-0.4, -0.2) is 17.7 Å². The normalized spacial score (nSPS) is 20.0. The van der Waals surface area contributed by atoms with Gasteiger partial charge in [-0.15, -0.1) is 0 Å². The molecule has 4 nitrogen and oxygen atoms in total. The van der Waals surface area contributed by atoms with Gasteiger partial charge in [-0.25, -0.2) is 0 Å². The second-order valence-corrected chi connectivity index (χ2v) is 7.63. The highest BCUT2D eigenvalue weighted by molar-refractivity contribution is 6.45. The van der Waals surface area contributed by atoms with Crippen molar-refractivity contribution in [2.75, 3.05) is 10.2 Å². The first-order valence-corrected chi connectivity index (χ1v) is 9.93. The van der Waals surface area contributed by atoms with Crippen LogP contribution in [0.2, 0.25) is 5.02 Å². The zero-order valence-corrected chi connectivity index (χ0v) is 16.7. The predicted molar refractivity (Wildman–Crippen MR) is 116 cm³/mol. The van der Waals surface area contributed by atoms with Gasteiger partial charge in [0.2, 0.25) is 5.78 Å². The lowest BCUT2D eigenvalue weighted by Crippen LogP contribution is -2.34. The van der Waals surface area contributed by atoms with Gasteiger partial charge >= 0.3 is 0 Å². The van der Waals surface area contributed by atoms with E-state index in [1.54, 1.807) is 17.0 Å². The van der Waals surface area contributed by atoms with Gasteiger partial charge in [0.1, 0.15) is 0 Å². The minimum atomic E-state index is -0.538. The Morgan fingerprint density at radius 1 is 0.862 bits per heavy atom. The summed E-state index contributed by atoms with van der Waals surface area (Å²) in [5.74, 6) is -1.41. The van der Waals surface area contributed by atoms with Crippen molar-refractivity contribution >= 4 is 34.7 Å². The number of hydrogen-bond acceptors (Lipinski definition) is 3. The van der Waals surface area contributed by atoms with Crippen molar-refractivity contribution in [2.24, 2.45) is 5.92 Å². The number of halogens is 1. The number of carbonyl (C=O) groups is 2. The summed E-state index contributed by atoms with van der Waals surface area (Å²) in [6.07, 6.45) is 0. The van der Waals surface area contributed by atoms with Crippen molar-refractivity contribution in [2.45, 2.75) is 19.0 Å². The number of hydrogen-bond donors (Lipinski definition) is 1. The Kier molecular flexibility index (Phi) is 5.36. The monoisotopic (exact) mass is 404 g/mol. The number of benzene rings is 3. The predicted octanol–water partition coefficient (Wildman–Crippen LogP) is 5.11. The Hall–Kier alpha value is -3.11. The standard InChI is InChI=1S/C24H21ClN2O2/c1-16(26-19-8-4-2-5-9-19)21-22(17-12-14-18(25)15-13-17)27(24(29)23(21)28)20-10-6-3-7-11-20/h2-16,21-22,26H,1H3/t16-,21-,22+/m1/s1. The van der Waals surface area contributed by atoms with Crippen LogP contribution in [0.4, 0.5) is 11.4 Å². The number of nitrogens with zero attached hydrogens (tertiary/aromatic N) is 1. The van der Waals surface area contributed by atoms with Gasteiger partial charge in [0.15, 0.2) is 0 Å². The average molecular weight is 405 g/mol. The fourth-order valence-corrected chi connectivity index (χ4v) is 4.09. The third kappa shape index (κ3) is 3.76. The first-order valence-electron chi connectivity index (χ1n) is 9.56. The lowest BCUT2D eigenvalue weighted by molar-refractivity contribution is -0.135. The van der Waals surface area contributed by atoms with Crippen molar-refractivity contribution in [3.8, 4) is 0 Å². The summed E-state index contributed by atoms with van der Waals surface area (Å²) in [4.78, 5) is 27.8. The minimum absolute atomic E-state index is 0.247. The number of nitrogens with one attached hydrogen (secondary N) is 1. The molecule has 1 aliphatic rings. The Balaban J connectivity index is 1.76. The molecule has 1 saturated heterocycles. The second-order valence-electron chi connectivity index (χ2n) is 7.20. The van der Waals surface area contributed by atoms with Crippen LogP contribution in [0, 0.1) is 5.92 Å². The molecule has 1 heterocycles. The van der Waals surface area contributed by atoms with Crippen LogP contribution < -0.4 is 10.2 Å². The molecule has 3 aromatic carbocycles. The van der Waals surface area contributed by atoms with Gasteiger partial charge < -0.3 is 5.32 Å². The van der Waals surface area contributed by atoms with E-state index in [1.807, 2.05) is 79.7 Å². The van der Waals surface area contributed by atoms with E-state index in [1.165, 1.54) is 0 Å². The third-order valence-corrected chi connectivity index (χ3v) is 5.56. The van der Waals surface area contributed by atoms with Gasteiger partial charge in [0.25, 0.3) is 5.91 Å². The molecule has 1 N–H and O–H groups in total. The highest BCUT2D eigenvalue weighted by Gasteiger charge is 2.50. The molecule has 29 heavy (non-hydrogen) atoms. The molecule has 0 radical (unpaired) electrons. The molecule has 1 fully saturated rings. The van der Waals surface area contributed by atoms with Gasteiger partial charge in [-0.1, -0.05) is 60.1 Å². The molecule has 5 heteroatoms. The van der Waals surface area contributed by atoms with Crippen LogP contribution in [-0.2, 0) is 9.59 Å². The zero-order valence-electron chi connectivity index (χ0n) is 16.0. The zero-order chi connectivity index (χ0) is 20.4. The Morgan fingerprint density at radius 3 is 2.07 bits per heavy atom. The average Bonchev–Trinajstić information content (AvgIpc) is 3.01. The highest BCUT2D eigenvalue weighted by atomic mass is 35.5. The molecular formula is C24H21ClN2O2. The van der Waals surface area contributed by atoms with E-state index in [2.05, 4.69) is 5.32 Å². The summed E-state index contributed by atoms with van der Waals surface area (Å²) < 4.78 is 0. The molecule has 0 saturated carbocycles. The number of carbonyl (C=O) groups excluding carboxylic acids is 2. The Bertz CT molecular complexity index is 1010. The van der Waals surface area contributed by atoms with Crippen molar-refractivity contribution in [1.82, 2.24) is 0 Å². The van der Waals surface area contributed by atoms with Gasteiger partial charge in [0, 0.05) is 22.4 Å². The van der Waals surface area contributed by atoms with Gasteiger partial charge in [0.05, 0.1) is 12.0 Å². The van der Waals surface area contributed by atoms with Crippen LogP contribution in [0.25, 0.3) is 0 Å². The maximum absolute atomic E-state index is 13.1. The van der Waals surface area contributed by atoms with Crippen LogP contribution >= 0.6 is 11.6 Å². The fraction of sp³-hybridized carbons (Fsp3) is 0.167. The quantitative estimate of drug-likeness (QED) is 0.601.